The molecule has 0 aromatic heterocycles. The largest absolute Gasteiger partial charge is 0.479 e. The summed E-state index contributed by atoms with van der Waals surface area (Å²) in [6.45, 7) is 8.36. The highest BCUT2D eigenvalue weighted by atomic mass is 79.9. The van der Waals surface area contributed by atoms with Crippen LogP contribution in [-0.2, 0) is 15.6 Å². The molecule has 7 nitrogen and oxygen atoms in total. The van der Waals surface area contributed by atoms with Gasteiger partial charge in [-0.05, 0) is 35.4 Å². The molecule has 0 bridgehead atoms. The van der Waals surface area contributed by atoms with E-state index in [0.29, 0.717) is 29.4 Å². The Morgan fingerprint density at radius 2 is 1.84 bits per heavy atom. The number of carboxylic acid groups (broad SMARTS) is 1. The number of aliphatic carboxylic acids is 1. The van der Waals surface area contributed by atoms with Crippen LogP contribution in [0.1, 0.15) is 68.4 Å². The number of hydrogen-bond donors (Lipinski definition) is 2. The van der Waals surface area contributed by atoms with E-state index in [9.17, 15) is 14.7 Å². The molecule has 37 heavy (non-hydrogen) atoms. The lowest BCUT2D eigenvalue weighted by molar-refractivity contribution is -0.139. The maximum absolute atomic E-state index is 14.0. The molecule has 3 N–H and O–H groups in total. The molecule has 0 spiro atoms. The van der Waals surface area contributed by atoms with Gasteiger partial charge in [-0.3, -0.25) is 9.79 Å². The number of anilines is 1. The summed E-state index contributed by atoms with van der Waals surface area (Å²) in [5, 5.41) is 9.21. The van der Waals surface area contributed by atoms with Crippen LogP contribution in [0.5, 0.6) is 5.75 Å². The van der Waals surface area contributed by atoms with Gasteiger partial charge in [0, 0.05) is 38.2 Å². The topological polar surface area (TPSA) is 105 Å². The molecule has 2 atom stereocenters. The lowest BCUT2D eigenvalue weighted by Gasteiger charge is -2.36. The highest BCUT2D eigenvalue weighted by Crippen LogP contribution is 2.45. The number of hydrogen-bond acceptors (Lipinski definition) is 6. The first-order chi connectivity index (χ1) is 16.9. The van der Waals surface area contributed by atoms with Gasteiger partial charge in [-0.15, -0.1) is 17.0 Å². The Hall–Kier alpha value is -2.87. The summed E-state index contributed by atoms with van der Waals surface area (Å²) in [6.07, 6.45) is 2.11. The van der Waals surface area contributed by atoms with Gasteiger partial charge in [0.15, 0.2) is 12.4 Å². The van der Waals surface area contributed by atoms with Crippen molar-refractivity contribution in [2.24, 2.45) is 16.6 Å². The number of benzene rings is 2. The first-order valence-electron chi connectivity index (χ1n) is 12.5. The van der Waals surface area contributed by atoms with Gasteiger partial charge in [0.2, 0.25) is 0 Å². The summed E-state index contributed by atoms with van der Waals surface area (Å²) in [5.41, 5.74) is 8.55. The van der Waals surface area contributed by atoms with Crippen LogP contribution in [0, 0.1) is 5.92 Å². The predicted molar refractivity (Wildman–Crippen MR) is 155 cm³/mol. The van der Waals surface area contributed by atoms with E-state index in [1.807, 2.05) is 76.2 Å². The highest BCUT2D eigenvalue weighted by Gasteiger charge is 2.48. The summed E-state index contributed by atoms with van der Waals surface area (Å²) in [7, 11) is 3.71. The average Bonchev–Trinajstić information content (AvgIpc) is 3.13. The molecule has 0 aliphatic carbocycles. The molecule has 0 fully saturated rings. The van der Waals surface area contributed by atoms with Crippen LogP contribution in [0.4, 0.5) is 5.69 Å². The zero-order valence-electron chi connectivity index (χ0n) is 22.7. The standard InChI is InChI=1S/C29H39N3O4.BrH/c1-7-11-21-17-31-27(30)29(21,20-12-9-8-10-13-20)16-24(33)19-14-22(28(2,3)4)26(36-18-25(34)35)23(15-19)32(5)6;/h8-10,12-15,21H,7,11,16-18H2,1-6H3,(H2,30,31)(H,34,35);1H. The van der Waals surface area contributed by atoms with E-state index in [4.69, 9.17) is 10.5 Å². The van der Waals surface area contributed by atoms with Crippen LogP contribution in [-0.4, -0.2) is 49.9 Å². The van der Waals surface area contributed by atoms with Crippen LogP contribution in [0.2, 0.25) is 0 Å². The predicted octanol–water partition coefficient (Wildman–Crippen LogP) is 5.39. The zero-order chi connectivity index (χ0) is 26.7. The number of carbonyl (C=O) groups excluding carboxylic acids is 1. The van der Waals surface area contributed by atoms with E-state index < -0.39 is 18.0 Å². The maximum atomic E-state index is 14.0. The van der Waals surface area contributed by atoms with E-state index in [1.165, 1.54) is 0 Å². The van der Waals surface area contributed by atoms with Gasteiger partial charge in [-0.2, -0.15) is 0 Å². The molecule has 202 valence electrons. The number of ketones is 1. The average molecular weight is 575 g/mol. The third kappa shape index (κ3) is 6.35. The molecule has 0 saturated heterocycles. The molecule has 1 aliphatic heterocycles. The number of carbonyl (C=O) groups is 2. The molecule has 1 aliphatic rings. The highest BCUT2D eigenvalue weighted by molar-refractivity contribution is 8.93. The van der Waals surface area contributed by atoms with Gasteiger partial charge >= 0.3 is 5.97 Å². The summed E-state index contributed by atoms with van der Waals surface area (Å²) < 4.78 is 5.75. The first kappa shape index (κ1) is 30.4. The molecule has 0 amide bonds. The second-order valence-corrected chi connectivity index (χ2v) is 10.8. The Bertz CT molecular complexity index is 1140. The van der Waals surface area contributed by atoms with E-state index >= 15 is 0 Å². The monoisotopic (exact) mass is 573 g/mol. The molecule has 3 rings (SSSR count). The lowest BCUT2D eigenvalue weighted by Crippen LogP contribution is -2.45. The summed E-state index contributed by atoms with van der Waals surface area (Å²) in [4.78, 5) is 31.8. The third-order valence-corrected chi connectivity index (χ3v) is 7.02. The van der Waals surface area contributed by atoms with Gasteiger partial charge in [0.05, 0.1) is 11.1 Å². The van der Waals surface area contributed by atoms with Gasteiger partial charge in [0.25, 0.3) is 0 Å². The van der Waals surface area contributed by atoms with Crippen molar-refractivity contribution in [3.05, 3.63) is 59.2 Å². The number of aliphatic imine (C=N–C) groups is 1. The fraction of sp³-hybridized carbons (Fsp3) is 0.483. The van der Waals surface area contributed by atoms with E-state index in [2.05, 4.69) is 11.9 Å². The maximum Gasteiger partial charge on any atom is 0.341 e. The molecular formula is C29H40BrN3O4. The van der Waals surface area contributed by atoms with Crippen molar-refractivity contribution in [2.45, 2.75) is 57.8 Å². The molecule has 0 radical (unpaired) electrons. The summed E-state index contributed by atoms with van der Waals surface area (Å²) in [5.74, 6) is 0.0594. The van der Waals surface area contributed by atoms with Crippen molar-refractivity contribution in [3.63, 3.8) is 0 Å². The lowest BCUT2D eigenvalue weighted by atomic mass is 9.66. The van der Waals surface area contributed by atoms with Gasteiger partial charge < -0.3 is 20.5 Å². The number of amidine groups is 1. The molecular weight excluding hydrogens is 534 g/mol. The van der Waals surface area contributed by atoms with Crippen LogP contribution in [0.15, 0.2) is 47.5 Å². The van der Waals surface area contributed by atoms with E-state index in [-0.39, 0.29) is 40.5 Å². The van der Waals surface area contributed by atoms with Crippen molar-refractivity contribution in [3.8, 4) is 5.75 Å². The number of Topliss-reactive ketones (excluding diaryl/α,β-unsaturated/α-hetero) is 1. The minimum absolute atomic E-state index is 0. The quantitative estimate of drug-likeness (QED) is 0.369. The van der Waals surface area contributed by atoms with Crippen LogP contribution >= 0.6 is 17.0 Å². The molecule has 2 unspecified atom stereocenters. The Labute approximate surface area is 230 Å². The van der Waals surface area contributed by atoms with Crippen molar-refractivity contribution in [1.82, 2.24) is 0 Å². The van der Waals surface area contributed by atoms with Crippen molar-refractivity contribution in [2.75, 3.05) is 32.1 Å². The number of nitrogens with two attached hydrogens (primary N) is 1. The van der Waals surface area contributed by atoms with Crippen molar-refractivity contribution >= 4 is 40.3 Å². The van der Waals surface area contributed by atoms with Crippen LogP contribution < -0.4 is 15.4 Å². The Kier molecular flexibility index (Phi) is 9.94. The second-order valence-electron chi connectivity index (χ2n) is 10.8. The van der Waals surface area contributed by atoms with Gasteiger partial charge in [0.1, 0.15) is 11.6 Å². The number of halogens is 1. The number of ether oxygens (including phenoxy) is 1. The van der Waals surface area contributed by atoms with E-state index in [0.717, 1.165) is 24.0 Å². The SMILES string of the molecule is Br.CCCC1CN=C(N)C1(CC(=O)c1cc(N(C)C)c(OCC(=O)O)c(C(C)(C)C)c1)c1ccccc1. The van der Waals surface area contributed by atoms with Crippen molar-refractivity contribution < 1.29 is 19.4 Å². The fourth-order valence-electron chi connectivity index (χ4n) is 5.16. The molecule has 2 aromatic carbocycles. The van der Waals surface area contributed by atoms with Gasteiger partial charge in [-0.25, -0.2) is 4.79 Å². The zero-order valence-corrected chi connectivity index (χ0v) is 24.4. The molecule has 1 heterocycles. The van der Waals surface area contributed by atoms with E-state index in [1.54, 1.807) is 6.07 Å². The smallest absolute Gasteiger partial charge is 0.341 e. The minimum atomic E-state index is -1.05. The third-order valence-electron chi connectivity index (χ3n) is 7.02. The Morgan fingerprint density at radius 1 is 1.19 bits per heavy atom. The van der Waals surface area contributed by atoms with Crippen molar-refractivity contribution in [1.29, 1.82) is 0 Å². The summed E-state index contributed by atoms with van der Waals surface area (Å²) >= 11 is 0. The minimum Gasteiger partial charge on any atom is -0.479 e. The summed E-state index contributed by atoms with van der Waals surface area (Å²) in [6, 6.07) is 13.6. The molecule has 2 aromatic rings. The van der Waals surface area contributed by atoms with Gasteiger partial charge in [-0.1, -0.05) is 64.4 Å². The first-order valence-corrected chi connectivity index (χ1v) is 12.5. The number of rotatable bonds is 10. The molecule has 0 saturated carbocycles. The Balaban J connectivity index is 0.00000481. The van der Waals surface area contributed by atoms with Crippen LogP contribution in [0.25, 0.3) is 0 Å². The Morgan fingerprint density at radius 3 is 2.38 bits per heavy atom. The second kappa shape index (κ2) is 12.1. The van der Waals surface area contributed by atoms with Crippen LogP contribution in [0.3, 0.4) is 0 Å². The number of nitrogens with zero attached hydrogens (tertiary/aromatic N) is 2. The fourth-order valence-corrected chi connectivity index (χ4v) is 5.16. The molecule has 8 heteroatoms. The number of carboxylic acids is 1. The normalized spacial score (nSPS) is 19.1.